The maximum absolute atomic E-state index is 10.2. The molecular formula is C16H21NO. The molecule has 2 N–H and O–H groups in total. The van der Waals surface area contributed by atoms with Gasteiger partial charge in [0.25, 0.3) is 0 Å². The summed E-state index contributed by atoms with van der Waals surface area (Å²) in [6.07, 6.45) is 0. The molecule has 0 aromatic heterocycles. The maximum atomic E-state index is 10.2. The Morgan fingerprint density at radius 2 is 1.67 bits per heavy atom. The van der Waals surface area contributed by atoms with E-state index in [0.29, 0.717) is 0 Å². The molecular weight excluding hydrogens is 222 g/mol. The summed E-state index contributed by atoms with van der Waals surface area (Å²) in [7, 11) is 1.88. The Kier molecular flexibility index (Phi) is 3.42. The second kappa shape index (κ2) is 4.71. The molecule has 0 fully saturated rings. The molecule has 0 spiro atoms. The molecule has 2 heteroatoms. The van der Waals surface area contributed by atoms with E-state index in [1.54, 1.807) is 0 Å². The number of aryl methyl sites for hydroxylation is 1. The first-order valence-electron chi connectivity index (χ1n) is 6.32. The topological polar surface area (TPSA) is 32.3 Å². The van der Waals surface area contributed by atoms with Gasteiger partial charge in [0.05, 0.1) is 11.6 Å². The van der Waals surface area contributed by atoms with Crippen LogP contribution in [-0.4, -0.2) is 17.8 Å². The fourth-order valence-corrected chi connectivity index (χ4v) is 2.49. The van der Waals surface area contributed by atoms with Crippen LogP contribution in [0.2, 0.25) is 0 Å². The standard InChI is InChI=1S/C16H21NO/c1-11-5-6-13-10-14(8-7-12(13)9-11)15(17-4)16(2,3)18/h5-10,15,17-18H,1-4H3. The van der Waals surface area contributed by atoms with E-state index in [4.69, 9.17) is 0 Å². The number of rotatable bonds is 3. The van der Waals surface area contributed by atoms with Gasteiger partial charge in [-0.05, 0) is 50.2 Å². The summed E-state index contributed by atoms with van der Waals surface area (Å²) < 4.78 is 0. The number of hydrogen-bond donors (Lipinski definition) is 2. The van der Waals surface area contributed by atoms with Crippen molar-refractivity contribution in [2.45, 2.75) is 32.4 Å². The van der Waals surface area contributed by atoms with E-state index in [2.05, 4.69) is 48.6 Å². The molecule has 1 atom stereocenters. The minimum Gasteiger partial charge on any atom is -0.388 e. The second-order valence-electron chi connectivity index (χ2n) is 5.49. The molecule has 2 rings (SSSR count). The van der Waals surface area contributed by atoms with Crippen LogP contribution in [0.15, 0.2) is 36.4 Å². The Balaban J connectivity index is 2.49. The summed E-state index contributed by atoms with van der Waals surface area (Å²) in [6, 6.07) is 12.7. The minimum absolute atomic E-state index is 0.0665. The molecule has 0 aliphatic carbocycles. The van der Waals surface area contributed by atoms with Crippen LogP contribution in [0.3, 0.4) is 0 Å². The minimum atomic E-state index is -0.785. The van der Waals surface area contributed by atoms with E-state index in [-0.39, 0.29) is 6.04 Å². The molecule has 0 amide bonds. The first kappa shape index (κ1) is 13.1. The quantitative estimate of drug-likeness (QED) is 0.867. The fraction of sp³-hybridized carbons (Fsp3) is 0.375. The second-order valence-corrected chi connectivity index (χ2v) is 5.49. The molecule has 0 heterocycles. The predicted octanol–water partition coefficient (Wildman–Crippen LogP) is 3.18. The van der Waals surface area contributed by atoms with Crippen LogP contribution >= 0.6 is 0 Å². The molecule has 0 saturated carbocycles. The zero-order valence-electron chi connectivity index (χ0n) is 11.5. The average Bonchev–Trinajstić information content (AvgIpc) is 2.28. The van der Waals surface area contributed by atoms with E-state index in [0.717, 1.165) is 5.56 Å². The highest BCUT2D eigenvalue weighted by molar-refractivity contribution is 5.83. The van der Waals surface area contributed by atoms with Crippen molar-refractivity contribution in [2.75, 3.05) is 7.05 Å². The van der Waals surface area contributed by atoms with Gasteiger partial charge >= 0.3 is 0 Å². The predicted molar refractivity (Wildman–Crippen MR) is 76.8 cm³/mol. The van der Waals surface area contributed by atoms with Gasteiger partial charge in [-0.15, -0.1) is 0 Å². The third-order valence-electron chi connectivity index (χ3n) is 3.35. The number of fused-ring (bicyclic) bond motifs is 1. The number of nitrogens with one attached hydrogen (secondary N) is 1. The molecule has 2 aromatic rings. The molecule has 0 saturated heterocycles. The largest absolute Gasteiger partial charge is 0.388 e. The van der Waals surface area contributed by atoms with E-state index >= 15 is 0 Å². The Morgan fingerprint density at radius 1 is 1.06 bits per heavy atom. The summed E-state index contributed by atoms with van der Waals surface area (Å²) in [6.45, 7) is 5.75. The lowest BCUT2D eigenvalue weighted by Gasteiger charge is -2.29. The van der Waals surface area contributed by atoms with Gasteiger partial charge in [0.2, 0.25) is 0 Å². The molecule has 0 bridgehead atoms. The van der Waals surface area contributed by atoms with Gasteiger partial charge < -0.3 is 10.4 Å². The van der Waals surface area contributed by atoms with Crippen molar-refractivity contribution < 1.29 is 5.11 Å². The normalized spacial score (nSPS) is 13.8. The Hall–Kier alpha value is -1.38. The molecule has 2 aromatic carbocycles. The van der Waals surface area contributed by atoms with Crippen LogP contribution in [0.5, 0.6) is 0 Å². The lowest BCUT2D eigenvalue weighted by atomic mass is 9.90. The molecule has 0 radical (unpaired) electrons. The van der Waals surface area contributed by atoms with E-state index in [1.807, 2.05) is 20.9 Å². The Morgan fingerprint density at radius 3 is 2.28 bits per heavy atom. The van der Waals surface area contributed by atoms with Crippen molar-refractivity contribution in [1.82, 2.24) is 5.32 Å². The number of hydrogen-bond acceptors (Lipinski definition) is 2. The zero-order valence-corrected chi connectivity index (χ0v) is 11.5. The fourth-order valence-electron chi connectivity index (χ4n) is 2.49. The summed E-state index contributed by atoms with van der Waals surface area (Å²) in [5, 5.41) is 15.8. The van der Waals surface area contributed by atoms with E-state index < -0.39 is 5.60 Å². The van der Waals surface area contributed by atoms with Crippen molar-refractivity contribution in [3.05, 3.63) is 47.5 Å². The third-order valence-corrected chi connectivity index (χ3v) is 3.35. The Labute approximate surface area is 109 Å². The van der Waals surface area contributed by atoms with Gasteiger partial charge in [-0.25, -0.2) is 0 Å². The third kappa shape index (κ3) is 2.55. The smallest absolute Gasteiger partial charge is 0.0785 e. The molecule has 18 heavy (non-hydrogen) atoms. The monoisotopic (exact) mass is 243 g/mol. The highest BCUT2D eigenvalue weighted by Gasteiger charge is 2.26. The van der Waals surface area contributed by atoms with Gasteiger partial charge in [-0.3, -0.25) is 0 Å². The highest BCUT2D eigenvalue weighted by Crippen LogP contribution is 2.28. The van der Waals surface area contributed by atoms with Crippen LogP contribution in [-0.2, 0) is 0 Å². The van der Waals surface area contributed by atoms with Crippen LogP contribution < -0.4 is 5.32 Å². The van der Waals surface area contributed by atoms with Crippen molar-refractivity contribution in [3.8, 4) is 0 Å². The van der Waals surface area contributed by atoms with Crippen molar-refractivity contribution in [3.63, 3.8) is 0 Å². The van der Waals surface area contributed by atoms with Gasteiger partial charge in [0.15, 0.2) is 0 Å². The Bertz CT molecular complexity index is 555. The van der Waals surface area contributed by atoms with E-state index in [1.165, 1.54) is 16.3 Å². The van der Waals surface area contributed by atoms with Gasteiger partial charge in [-0.1, -0.05) is 35.9 Å². The highest BCUT2D eigenvalue weighted by atomic mass is 16.3. The SMILES string of the molecule is CNC(c1ccc2cc(C)ccc2c1)C(C)(C)O. The van der Waals surface area contributed by atoms with Crippen molar-refractivity contribution in [1.29, 1.82) is 0 Å². The summed E-state index contributed by atoms with van der Waals surface area (Å²) in [4.78, 5) is 0. The van der Waals surface area contributed by atoms with Gasteiger partial charge in [0, 0.05) is 0 Å². The zero-order chi connectivity index (χ0) is 13.3. The summed E-state index contributed by atoms with van der Waals surface area (Å²) >= 11 is 0. The van der Waals surface area contributed by atoms with E-state index in [9.17, 15) is 5.11 Å². The number of benzene rings is 2. The maximum Gasteiger partial charge on any atom is 0.0785 e. The van der Waals surface area contributed by atoms with Crippen LogP contribution in [0.1, 0.15) is 31.0 Å². The molecule has 96 valence electrons. The number of aliphatic hydroxyl groups is 1. The van der Waals surface area contributed by atoms with Crippen LogP contribution in [0.25, 0.3) is 10.8 Å². The molecule has 0 aliphatic heterocycles. The van der Waals surface area contributed by atoms with Gasteiger partial charge in [-0.2, -0.15) is 0 Å². The first-order chi connectivity index (χ1) is 8.41. The molecule has 0 aliphatic rings. The number of likely N-dealkylation sites (N-methyl/N-ethyl adjacent to an activating group) is 1. The summed E-state index contributed by atoms with van der Waals surface area (Å²) in [5.74, 6) is 0. The first-order valence-corrected chi connectivity index (χ1v) is 6.32. The van der Waals surface area contributed by atoms with Gasteiger partial charge in [0.1, 0.15) is 0 Å². The van der Waals surface area contributed by atoms with Crippen molar-refractivity contribution >= 4 is 10.8 Å². The average molecular weight is 243 g/mol. The summed E-state index contributed by atoms with van der Waals surface area (Å²) in [5.41, 5.74) is 1.59. The lowest BCUT2D eigenvalue weighted by molar-refractivity contribution is 0.0401. The molecule has 1 unspecified atom stereocenters. The van der Waals surface area contributed by atoms with Crippen molar-refractivity contribution in [2.24, 2.45) is 0 Å². The lowest BCUT2D eigenvalue weighted by Crippen LogP contribution is -2.37. The van der Waals surface area contributed by atoms with Crippen LogP contribution in [0.4, 0.5) is 0 Å². The van der Waals surface area contributed by atoms with Crippen LogP contribution in [0, 0.1) is 6.92 Å². The molecule has 2 nitrogen and oxygen atoms in total.